The lowest BCUT2D eigenvalue weighted by atomic mass is 10.3. The Balaban J connectivity index is 2.69. The van der Waals surface area contributed by atoms with E-state index < -0.39 is 0 Å². The minimum absolute atomic E-state index is 0.946. The molecular formula is C9H9N2. The molecule has 0 aliphatic rings. The van der Waals surface area contributed by atoms with Crippen LogP contribution in [0.5, 0.6) is 0 Å². The van der Waals surface area contributed by atoms with Gasteiger partial charge in [-0.2, -0.15) is 5.10 Å². The monoisotopic (exact) mass is 145 g/mol. The number of rotatable bonds is 1. The van der Waals surface area contributed by atoms with E-state index in [4.69, 9.17) is 0 Å². The Morgan fingerprint density at radius 1 is 1.55 bits per heavy atom. The van der Waals surface area contributed by atoms with Crippen LogP contribution in [0.1, 0.15) is 12.6 Å². The quantitative estimate of drug-likeness (QED) is 0.597. The molecule has 2 aromatic rings. The molecule has 0 aliphatic carbocycles. The smallest absolute Gasteiger partial charge is 0.0744 e. The van der Waals surface area contributed by atoms with Gasteiger partial charge in [-0.1, -0.05) is 13.0 Å². The van der Waals surface area contributed by atoms with Crippen molar-refractivity contribution >= 4 is 5.52 Å². The van der Waals surface area contributed by atoms with Crippen molar-refractivity contribution < 1.29 is 0 Å². The maximum absolute atomic E-state index is 4.29. The van der Waals surface area contributed by atoms with E-state index in [0.717, 1.165) is 17.6 Å². The minimum Gasteiger partial charge on any atom is -0.240 e. The normalized spacial score (nSPS) is 10.6. The molecule has 2 heterocycles. The topological polar surface area (TPSA) is 17.3 Å². The molecule has 0 bridgehead atoms. The molecule has 0 saturated heterocycles. The molecule has 0 fully saturated rings. The number of aryl methyl sites for hydroxylation is 1. The third-order valence-corrected chi connectivity index (χ3v) is 1.67. The van der Waals surface area contributed by atoms with Gasteiger partial charge in [0.25, 0.3) is 0 Å². The molecule has 2 aromatic heterocycles. The van der Waals surface area contributed by atoms with Crippen molar-refractivity contribution in [1.29, 1.82) is 0 Å². The van der Waals surface area contributed by atoms with Crippen molar-refractivity contribution in [2.24, 2.45) is 0 Å². The molecule has 0 saturated carbocycles. The van der Waals surface area contributed by atoms with Crippen LogP contribution in [0.25, 0.3) is 5.52 Å². The van der Waals surface area contributed by atoms with Crippen molar-refractivity contribution in [1.82, 2.24) is 9.61 Å². The van der Waals surface area contributed by atoms with Crippen LogP contribution in [0.4, 0.5) is 0 Å². The van der Waals surface area contributed by atoms with Gasteiger partial charge in [0, 0.05) is 12.3 Å². The second-order valence-electron chi connectivity index (χ2n) is 2.46. The lowest BCUT2D eigenvalue weighted by Crippen LogP contribution is -1.85. The highest BCUT2D eigenvalue weighted by Crippen LogP contribution is 2.04. The SMILES string of the molecule is CCc1[c]c2ccccn2n1. The third kappa shape index (κ3) is 1.00. The summed E-state index contributed by atoms with van der Waals surface area (Å²) in [6, 6.07) is 9.16. The Hall–Kier alpha value is -1.31. The summed E-state index contributed by atoms with van der Waals surface area (Å²) in [4.78, 5) is 0. The second kappa shape index (κ2) is 2.38. The van der Waals surface area contributed by atoms with Crippen LogP contribution in [-0.4, -0.2) is 9.61 Å². The average molecular weight is 145 g/mol. The maximum Gasteiger partial charge on any atom is 0.0744 e. The summed E-state index contributed by atoms with van der Waals surface area (Å²) in [5, 5.41) is 4.29. The number of hydrogen-bond donors (Lipinski definition) is 0. The zero-order valence-corrected chi connectivity index (χ0v) is 6.41. The fraction of sp³-hybridized carbons (Fsp3) is 0.222. The van der Waals surface area contributed by atoms with Gasteiger partial charge < -0.3 is 0 Å². The molecule has 1 radical (unpaired) electrons. The molecule has 0 aromatic carbocycles. The summed E-state index contributed by atoms with van der Waals surface area (Å²) < 4.78 is 1.85. The lowest BCUT2D eigenvalue weighted by Gasteiger charge is -1.87. The van der Waals surface area contributed by atoms with Crippen molar-refractivity contribution in [3.8, 4) is 0 Å². The molecule has 11 heavy (non-hydrogen) atoms. The summed E-state index contributed by atoms with van der Waals surface area (Å²) >= 11 is 0. The summed E-state index contributed by atoms with van der Waals surface area (Å²) in [6.07, 6.45) is 2.88. The molecule has 0 spiro atoms. The molecule has 2 rings (SSSR count). The van der Waals surface area contributed by atoms with E-state index in [1.54, 1.807) is 0 Å². The van der Waals surface area contributed by atoms with Crippen molar-refractivity contribution in [3.63, 3.8) is 0 Å². The van der Waals surface area contributed by atoms with Gasteiger partial charge in [0.05, 0.1) is 11.2 Å². The highest BCUT2D eigenvalue weighted by Gasteiger charge is 1.96. The standard InChI is InChI=1S/C9H9N2/c1-2-8-7-9-5-3-4-6-11(9)10-8/h3-6H,2H2,1H3. The van der Waals surface area contributed by atoms with Crippen LogP contribution in [0, 0.1) is 6.07 Å². The van der Waals surface area contributed by atoms with Gasteiger partial charge in [-0.05, 0) is 18.6 Å². The Labute approximate surface area is 65.5 Å². The zero-order valence-electron chi connectivity index (χ0n) is 6.41. The van der Waals surface area contributed by atoms with Gasteiger partial charge in [0.1, 0.15) is 0 Å². The van der Waals surface area contributed by atoms with Gasteiger partial charge in [-0.3, -0.25) is 0 Å². The molecule has 0 aliphatic heterocycles. The first-order valence-corrected chi connectivity index (χ1v) is 3.75. The van der Waals surface area contributed by atoms with Crippen LogP contribution in [0.15, 0.2) is 24.4 Å². The van der Waals surface area contributed by atoms with E-state index in [-0.39, 0.29) is 0 Å². The van der Waals surface area contributed by atoms with Crippen molar-refractivity contribution in [2.45, 2.75) is 13.3 Å². The minimum atomic E-state index is 0.946. The van der Waals surface area contributed by atoms with Crippen molar-refractivity contribution in [3.05, 3.63) is 36.2 Å². The van der Waals surface area contributed by atoms with Crippen LogP contribution in [-0.2, 0) is 6.42 Å². The van der Waals surface area contributed by atoms with Crippen LogP contribution in [0.3, 0.4) is 0 Å². The molecule has 2 heteroatoms. The zero-order chi connectivity index (χ0) is 7.68. The van der Waals surface area contributed by atoms with E-state index in [0.29, 0.717) is 0 Å². The van der Waals surface area contributed by atoms with Crippen LogP contribution >= 0.6 is 0 Å². The van der Waals surface area contributed by atoms with E-state index in [2.05, 4.69) is 18.1 Å². The van der Waals surface area contributed by atoms with Gasteiger partial charge in [-0.15, -0.1) is 0 Å². The largest absolute Gasteiger partial charge is 0.240 e. The lowest BCUT2D eigenvalue weighted by molar-refractivity contribution is 0.897. The molecule has 55 valence electrons. The van der Waals surface area contributed by atoms with Gasteiger partial charge >= 0.3 is 0 Å². The van der Waals surface area contributed by atoms with Gasteiger partial charge in [0.15, 0.2) is 0 Å². The highest BCUT2D eigenvalue weighted by atomic mass is 15.2. The Morgan fingerprint density at radius 2 is 2.45 bits per heavy atom. The maximum atomic E-state index is 4.29. The summed E-state index contributed by atoms with van der Waals surface area (Å²) in [5.74, 6) is 0. The van der Waals surface area contributed by atoms with E-state index in [1.807, 2.05) is 28.9 Å². The molecular weight excluding hydrogens is 136 g/mol. The number of hydrogen-bond acceptors (Lipinski definition) is 1. The summed E-state index contributed by atoms with van der Waals surface area (Å²) in [7, 11) is 0. The van der Waals surface area contributed by atoms with Crippen molar-refractivity contribution in [2.75, 3.05) is 0 Å². The summed E-state index contributed by atoms with van der Waals surface area (Å²) in [6.45, 7) is 2.08. The first kappa shape index (κ1) is 6.40. The number of pyridine rings is 1. The molecule has 0 N–H and O–H groups in total. The average Bonchev–Trinajstić information content (AvgIpc) is 2.46. The van der Waals surface area contributed by atoms with Crippen LogP contribution < -0.4 is 0 Å². The molecule has 0 unspecified atom stereocenters. The molecule has 2 nitrogen and oxygen atoms in total. The predicted octanol–water partition coefficient (Wildman–Crippen LogP) is 1.70. The fourth-order valence-electron chi connectivity index (χ4n) is 1.08. The molecule has 0 atom stereocenters. The second-order valence-corrected chi connectivity index (χ2v) is 2.46. The van der Waals surface area contributed by atoms with E-state index >= 15 is 0 Å². The summed E-state index contributed by atoms with van der Waals surface area (Å²) in [5.41, 5.74) is 2.07. The molecule has 0 amide bonds. The number of aromatic nitrogens is 2. The number of nitrogens with zero attached hydrogens (tertiary/aromatic N) is 2. The first-order chi connectivity index (χ1) is 5.40. The fourth-order valence-corrected chi connectivity index (χ4v) is 1.08. The Kier molecular flexibility index (Phi) is 1.39. The van der Waals surface area contributed by atoms with E-state index in [1.165, 1.54) is 0 Å². The van der Waals surface area contributed by atoms with Gasteiger partial charge in [-0.25, -0.2) is 4.52 Å². The Bertz CT molecular complexity index is 329. The van der Waals surface area contributed by atoms with Gasteiger partial charge in [0.2, 0.25) is 0 Å². The Morgan fingerprint density at radius 3 is 3.18 bits per heavy atom. The first-order valence-electron chi connectivity index (χ1n) is 3.75. The van der Waals surface area contributed by atoms with Crippen LogP contribution in [0.2, 0.25) is 0 Å². The van der Waals surface area contributed by atoms with E-state index in [9.17, 15) is 0 Å². The third-order valence-electron chi connectivity index (χ3n) is 1.67. The predicted molar refractivity (Wildman–Crippen MR) is 43.4 cm³/mol. The highest BCUT2D eigenvalue weighted by molar-refractivity contribution is 5.45. The number of fused-ring (bicyclic) bond motifs is 1.